The number of aliphatic hydroxyl groups excluding tert-OH is 1. The van der Waals surface area contributed by atoms with Gasteiger partial charge in [-0.25, -0.2) is 4.79 Å². The van der Waals surface area contributed by atoms with Crippen molar-refractivity contribution >= 4 is 27.7 Å². The minimum absolute atomic E-state index is 0.209. The molecule has 0 radical (unpaired) electrons. The van der Waals surface area contributed by atoms with Gasteiger partial charge < -0.3 is 20.1 Å². The maximum atomic E-state index is 11.8. The summed E-state index contributed by atoms with van der Waals surface area (Å²) in [4.78, 5) is 13.8. The van der Waals surface area contributed by atoms with Gasteiger partial charge in [-0.3, -0.25) is 0 Å². The molecule has 1 unspecified atom stereocenters. The van der Waals surface area contributed by atoms with Gasteiger partial charge in [-0.1, -0.05) is 22.0 Å². The minimum Gasteiger partial charge on any atom is -0.444 e. The second-order valence-electron chi connectivity index (χ2n) is 5.98. The zero-order valence-electron chi connectivity index (χ0n) is 13.1. The zero-order valence-corrected chi connectivity index (χ0v) is 14.7. The second-order valence-corrected chi connectivity index (χ2v) is 6.84. The first-order valence-corrected chi connectivity index (χ1v) is 7.50. The number of benzene rings is 1. The summed E-state index contributed by atoms with van der Waals surface area (Å²) in [5.41, 5.74) is 1.25. The molecule has 0 aliphatic carbocycles. The van der Waals surface area contributed by atoms with E-state index in [0.29, 0.717) is 0 Å². The number of nitrogens with one attached hydrogen (secondary N) is 1. The number of halogens is 1. The molecule has 0 aromatic heterocycles. The molecule has 0 bridgehead atoms. The van der Waals surface area contributed by atoms with Crippen molar-refractivity contribution in [2.45, 2.75) is 32.4 Å². The minimum atomic E-state index is -0.573. The van der Waals surface area contributed by atoms with Crippen LogP contribution in [0.3, 0.4) is 0 Å². The number of rotatable bonds is 4. The van der Waals surface area contributed by atoms with Crippen molar-refractivity contribution in [3.8, 4) is 0 Å². The van der Waals surface area contributed by atoms with E-state index in [1.165, 1.54) is 0 Å². The average Bonchev–Trinajstić information content (AvgIpc) is 2.34. The molecule has 21 heavy (non-hydrogen) atoms. The summed E-state index contributed by atoms with van der Waals surface area (Å²) in [7, 11) is 3.90. The zero-order chi connectivity index (χ0) is 16.2. The Hall–Kier alpha value is -1.27. The van der Waals surface area contributed by atoms with Crippen LogP contribution >= 0.6 is 15.9 Å². The number of hydrogen-bond donors (Lipinski definition) is 2. The van der Waals surface area contributed by atoms with Gasteiger partial charge in [0.2, 0.25) is 0 Å². The number of ether oxygens (including phenoxy) is 1. The lowest BCUT2D eigenvalue weighted by Crippen LogP contribution is -2.36. The number of aliphatic hydroxyl groups is 1. The lowest BCUT2D eigenvalue weighted by molar-refractivity contribution is 0.0481. The predicted octanol–water partition coefficient (Wildman–Crippen LogP) is 3.07. The topological polar surface area (TPSA) is 61.8 Å². The molecule has 6 heteroatoms. The molecule has 1 aromatic rings. The molecule has 0 fully saturated rings. The van der Waals surface area contributed by atoms with E-state index in [2.05, 4.69) is 21.2 Å². The van der Waals surface area contributed by atoms with Crippen LogP contribution in [0.25, 0.3) is 0 Å². The molecular formula is C15H23BrN2O3. The highest BCUT2D eigenvalue weighted by molar-refractivity contribution is 9.10. The summed E-state index contributed by atoms with van der Waals surface area (Å²) in [5, 5.41) is 12.2. The molecule has 118 valence electrons. The molecule has 0 aliphatic rings. The molecule has 0 spiro atoms. The Kier molecular flexibility index (Phi) is 6.04. The summed E-state index contributed by atoms with van der Waals surface area (Å²) in [5.74, 6) is 0. The molecule has 0 saturated carbocycles. The Morgan fingerprint density at radius 1 is 1.43 bits per heavy atom. The van der Waals surface area contributed by atoms with Crippen LogP contribution in [0, 0.1) is 0 Å². The molecule has 0 heterocycles. The van der Waals surface area contributed by atoms with E-state index < -0.39 is 17.7 Å². The van der Waals surface area contributed by atoms with Crippen LogP contribution < -0.4 is 10.2 Å². The van der Waals surface area contributed by atoms with E-state index in [1.807, 2.05) is 37.2 Å². The highest BCUT2D eigenvalue weighted by Gasteiger charge is 2.21. The molecule has 1 aromatic carbocycles. The Balaban J connectivity index is 2.88. The fourth-order valence-corrected chi connectivity index (χ4v) is 2.39. The third-order valence-corrected chi connectivity index (χ3v) is 3.44. The highest BCUT2D eigenvalue weighted by Crippen LogP contribution is 2.28. The lowest BCUT2D eigenvalue weighted by atomic mass is 10.1. The number of amides is 1. The second kappa shape index (κ2) is 7.13. The van der Waals surface area contributed by atoms with Gasteiger partial charge >= 0.3 is 6.09 Å². The number of nitrogens with zero attached hydrogens (tertiary/aromatic N) is 1. The summed E-state index contributed by atoms with van der Waals surface area (Å²) in [6.07, 6.45) is -0.551. The fourth-order valence-electron chi connectivity index (χ4n) is 1.75. The Labute approximate surface area is 134 Å². The van der Waals surface area contributed by atoms with Crippen LogP contribution in [0.1, 0.15) is 32.4 Å². The first-order valence-electron chi connectivity index (χ1n) is 6.71. The molecule has 1 amide bonds. The monoisotopic (exact) mass is 358 g/mol. The third-order valence-electron chi connectivity index (χ3n) is 2.75. The number of carbonyl (C=O) groups excluding carboxylic acids is 1. The third kappa shape index (κ3) is 5.55. The van der Waals surface area contributed by atoms with E-state index in [9.17, 15) is 9.90 Å². The molecule has 2 N–H and O–H groups in total. The number of anilines is 1. The maximum Gasteiger partial charge on any atom is 0.408 e. The quantitative estimate of drug-likeness (QED) is 0.867. The fraction of sp³-hybridized carbons (Fsp3) is 0.533. The van der Waals surface area contributed by atoms with Gasteiger partial charge in [0.25, 0.3) is 0 Å². The van der Waals surface area contributed by atoms with Crippen LogP contribution in [-0.2, 0) is 4.74 Å². The van der Waals surface area contributed by atoms with Gasteiger partial charge in [-0.05, 0) is 38.5 Å². The number of hydrogen-bond acceptors (Lipinski definition) is 4. The Bertz CT molecular complexity index is 498. The van der Waals surface area contributed by atoms with Crippen LogP contribution in [0.15, 0.2) is 22.7 Å². The Morgan fingerprint density at radius 2 is 2.05 bits per heavy atom. The summed E-state index contributed by atoms with van der Waals surface area (Å²) < 4.78 is 6.03. The van der Waals surface area contributed by atoms with Crippen molar-refractivity contribution in [3.05, 3.63) is 28.2 Å². The molecule has 1 rings (SSSR count). The van der Waals surface area contributed by atoms with Crippen molar-refractivity contribution in [1.29, 1.82) is 0 Å². The van der Waals surface area contributed by atoms with Crippen LogP contribution in [0.5, 0.6) is 0 Å². The Morgan fingerprint density at radius 3 is 2.48 bits per heavy atom. The van der Waals surface area contributed by atoms with Crippen molar-refractivity contribution < 1.29 is 14.6 Å². The van der Waals surface area contributed by atoms with E-state index in [4.69, 9.17) is 4.74 Å². The van der Waals surface area contributed by atoms with Crippen molar-refractivity contribution in [2.24, 2.45) is 0 Å². The first kappa shape index (κ1) is 17.8. The van der Waals surface area contributed by atoms with Crippen molar-refractivity contribution in [3.63, 3.8) is 0 Å². The largest absolute Gasteiger partial charge is 0.444 e. The van der Waals surface area contributed by atoms with Gasteiger partial charge in [-0.2, -0.15) is 0 Å². The normalized spacial score (nSPS) is 12.7. The molecule has 5 nitrogen and oxygen atoms in total. The molecule has 1 atom stereocenters. The summed E-state index contributed by atoms with van der Waals surface area (Å²) in [6, 6.07) is 5.22. The van der Waals surface area contributed by atoms with Gasteiger partial charge in [0, 0.05) is 24.3 Å². The smallest absolute Gasteiger partial charge is 0.408 e. The van der Waals surface area contributed by atoms with Gasteiger partial charge in [0.15, 0.2) is 0 Å². The van der Waals surface area contributed by atoms with Gasteiger partial charge in [0.1, 0.15) is 5.60 Å². The van der Waals surface area contributed by atoms with Gasteiger partial charge in [0.05, 0.1) is 12.6 Å². The molecule has 0 saturated heterocycles. The predicted molar refractivity (Wildman–Crippen MR) is 87.7 cm³/mol. The first-order chi connectivity index (χ1) is 9.64. The highest BCUT2D eigenvalue weighted by atomic mass is 79.9. The van der Waals surface area contributed by atoms with Crippen LogP contribution in [-0.4, -0.2) is 37.5 Å². The van der Waals surface area contributed by atoms with Gasteiger partial charge in [-0.15, -0.1) is 0 Å². The maximum absolute atomic E-state index is 11.8. The van der Waals surface area contributed by atoms with E-state index in [0.717, 1.165) is 15.7 Å². The van der Waals surface area contributed by atoms with E-state index >= 15 is 0 Å². The van der Waals surface area contributed by atoms with Crippen LogP contribution in [0.4, 0.5) is 10.5 Å². The SMILES string of the molecule is CN(C)c1ccc(C(CO)NC(=O)OC(C)(C)C)c(Br)c1. The molecule has 0 aliphatic heterocycles. The average molecular weight is 359 g/mol. The van der Waals surface area contributed by atoms with Crippen LogP contribution in [0.2, 0.25) is 0 Å². The summed E-state index contributed by atoms with van der Waals surface area (Å²) >= 11 is 3.48. The standard InChI is InChI=1S/C15H23BrN2O3/c1-15(2,3)21-14(20)17-13(9-19)11-7-6-10(18(4)5)8-12(11)16/h6-8,13,19H,9H2,1-5H3,(H,17,20). The number of carbonyl (C=O) groups is 1. The lowest BCUT2D eigenvalue weighted by Gasteiger charge is -2.24. The van der Waals surface area contributed by atoms with E-state index in [1.54, 1.807) is 20.8 Å². The van der Waals surface area contributed by atoms with Crippen molar-refractivity contribution in [2.75, 3.05) is 25.6 Å². The van der Waals surface area contributed by atoms with Crippen molar-refractivity contribution in [1.82, 2.24) is 5.32 Å². The molecular weight excluding hydrogens is 336 g/mol. The van der Waals surface area contributed by atoms with E-state index in [-0.39, 0.29) is 6.61 Å². The number of alkyl carbamates (subject to hydrolysis) is 1. The summed E-state index contributed by atoms with van der Waals surface area (Å²) in [6.45, 7) is 5.17.